The molecular weight excluding hydrogens is 350 g/mol. The first-order valence-corrected chi connectivity index (χ1v) is 11.3. The van der Waals surface area contributed by atoms with Gasteiger partial charge in [-0.05, 0) is 93.9 Å². The summed E-state index contributed by atoms with van der Waals surface area (Å²) in [7, 11) is 0. The van der Waals surface area contributed by atoms with E-state index in [1.807, 2.05) is 0 Å². The summed E-state index contributed by atoms with van der Waals surface area (Å²) in [4.78, 5) is 0. The molecule has 0 unspecified atom stereocenters. The van der Waals surface area contributed by atoms with Gasteiger partial charge in [0.05, 0.1) is 0 Å². The van der Waals surface area contributed by atoms with Crippen molar-refractivity contribution in [2.24, 2.45) is 0 Å². The molecule has 2 aromatic carbocycles. The molecule has 0 bridgehead atoms. The van der Waals surface area contributed by atoms with Crippen molar-refractivity contribution in [3.8, 4) is 0 Å². The molecule has 0 fully saturated rings. The Balaban J connectivity index is 1.75. The Hall–Kier alpha value is -1.76. The number of hydrogen-bond acceptors (Lipinski definition) is 1. The van der Waals surface area contributed by atoms with E-state index < -0.39 is 0 Å². The Morgan fingerprint density at radius 3 is 1.76 bits per heavy atom. The smallest absolute Gasteiger partial charge is 0.0417 e. The van der Waals surface area contributed by atoms with Gasteiger partial charge in [0.2, 0.25) is 0 Å². The van der Waals surface area contributed by atoms with Gasteiger partial charge in [-0.1, -0.05) is 67.5 Å². The molecule has 4 rings (SSSR count). The monoisotopic (exact) mass is 389 g/mol. The van der Waals surface area contributed by atoms with Gasteiger partial charge in [-0.25, -0.2) is 0 Å². The van der Waals surface area contributed by atoms with Crippen molar-refractivity contribution in [2.45, 2.75) is 103 Å². The fourth-order valence-corrected chi connectivity index (χ4v) is 6.08. The highest BCUT2D eigenvalue weighted by Crippen LogP contribution is 2.51. The van der Waals surface area contributed by atoms with Gasteiger partial charge in [0, 0.05) is 11.4 Å². The van der Waals surface area contributed by atoms with Crippen molar-refractivity contribution >= 4 is 11.4 Å². The fourth-order valence-electron chi connectivity index (χ4n) is 6.08. The third-order valence-corrected chi connectivity index (χ3v) is 7.84. The van der Waals surface area contributed by atoms with E-state index in [1.165, 1.54) is 58.5 Å². The zero-order chi connectivity index (χ0) is 21.4. The summed E-state index contributed by atoms with van der Waals surface area (Å²) in [6.07, 6.45) is 3.71. The van der Waals surface area contributed by atoms with Gasteiger partial charge in [-0.3, -0.25) is 0 Å². The van der Waals surface area contributed by atoms with E-state index in [0.717, 1.165) is 0 Å². The highest BCUT2D eigenvalue weighted by Gasteiger charge is 2.42. The molecule has 0 saturated carbocycles. The molecule has 0 spiro atoms. The predicted octanol–water partition coefficient (Wildman–Crippen LogP) is 8.05. The maximum Gasteiger partial charge on any atom is 0.0417 e. The van der Waals surface area contributed by atoms with Crippen molar-refractivity contribution in [3.05, 3.63) is 58.1 Å². The number of anilines is 2. The van der Waals surface area contributed by atoms with Crippen LogP contribution >= 0.6 is 0 Å². The number of fused-ring (bicyclic) bond motifs is 2. The Morgan fingerprint density at radius 1 is 0.621 bits per heavy atom. The second-order valence-corrected chi connectivity index (χ2v) is 12.3. The molecule has 0 amide bonds. The number of aryl methyl sites for hydroxylation is 1. The number of benzene rings is 2. The van der Waals surface area contributed by atoms with Crippen molar-refractivity contribution < 1.29 is 0 Å². The standard InChI is InChI=1S/C28H39N/c1-18-14-21-23(26(4,5)13-12-25(21,2)3)16-24(18)29-19-10-11-20-22(15-19)28(8,9)17-27(20,6)7/h10-11,14-16,29H,12-13,17H2,1-9H3. The van der Waals surface area contributed by atoms with Crippen molar-refractivity contribution in [3.63, 3.8) is 0 Å². The van der Waals surface area contributed by atoms with Crippen LogP contribution < -0.4 is 5.32 Å². The fraction of sp³-hybridized carbons (Fsp3) is 0.571. The minimum atomic E-state index is 0.230. The largest absolute Gasteiger partial charge is 0.355 e. The van der Waals surface area contributed by atoms with E-state index in [0.29, 0.717) is 0 Å². The third-order valence-electron chi connectivity index (χ3n) is 7.84. The van der Waals surface area contributed by atoms with Gasteiger partial charge in [0.25, 0.3) is 0 Å². The van der Waals surface area contributed by atoms with Crippen LogP contribution in [0.5, 0.6) is 0 Å². The topological polar surface area (TPSA) is 12.0 Å². The summed E-state index contributed by atoms with van der Waals surface area (Å²) in [5, 5.41) is 3.78. The normalized spacial score (nSPS) is 22.7. The van der Waals surface area contributed by atoms with Crippen molar-refractivity contribution in [2.75, 3.05) is 5.32 Å². The lowest BCUT2D eigenvalue weighted by molar-refractivity contribution is 0.332. The average molecular weight is 390 g/mol. The second-order valence-electron chi connectivity index (χ2n) is 12.3. The zero-order valence-corrected chi connectivity index (χ0v) is 20.0. The Kier molecular flexibility index (Phi) is 4.33. The minimum Gasteiger partial charge on any atom is -0.355 e. The first-order chi connectivity index (χ1) is 13.2. The van der Waals surface area contributed by atoms with E-state index in [-0.39, 0.29) is 21.7 Å². The maximum absolute atomic E-state index is 3.78. The summed E-state index contributed by atoms with van der Waals surface area (Å²) in [5.74, 6) is 0. The van der Waals surface area contributed by atoms with Crippen LogP contribution in [0, 0.1) is 6.92 Å². The summed E-state index contributed by atoms with van der Waals surface area (Å²) in [6, 6.07) is 11.9. The number of hydrogen-bond donors (Lipinski definition) is 1. The molecule has 0 aliphatic heterocycles. The maximum atomic E-state index is 3.78. The first-order valence-electron chi connectivity index (χ1n) is 11.3. The second kappa shape index (κ2) is 6.13. The van der Waals surface area contributed by atoms with Crippen molar-refractivity contribution in [1.82, 2.24) is 0 Å². The Morgan fingerprint density at radius 2 is 1.14 bits per heavy atom. The lowest BCUT2D eigenvalue weighted by Gasteiger charge is -2.42. The van der Waals surface area contributed by atoms with Gasteiger partial charge < -0.3 is 5.32 Å². The quantitative estimate of drug-likeness (QED) is 0.548. The zero-order valence-electron chi connectivity index (χ0n) is 20.0. The SMILES string of the molecule is Cc1cc2c(cc1Nc1ccc3c(c1)C(C)(C)CC3(C)C)C(C)(C)CCC2(C)C. The lowest BCUT2D eigenvalue weighted by atomic mass is 9.63. The van der Waals surface area contributed by atoms with Gasteiger partial charge in [0.1, 0.15) is 0 Å². The lowest BCUT2D eigenvalue weighted by Crippen LogP contribution is -2.34. The highest BCUT2D eigenvalue weighted by molar-refractivity contribution is 5.68. The van der Waals surface area contributed by atoms with Crippen LogP contribution in [-0.2, 0) is 21.7 Å². The first kappa shape index (κ1) is 20.5. The van der Waals surface area contributed by atoms with Crippen LogP contribution in [0.15, 0.2) is 30.3 Å². The summed E-state index contributed by atoms with van der Waals surface area (Å²) in [5.41, 5.74) is 10.9. The molecule has 2 aliphatic carbocycles. The van der Waals surface area contributed by atoms with Crippen LogP contribution in [0.1, 0.15) is 102 Å². The van der Waals surface area contributed by atoms with Crippen LogP contribution in [0.25, 0.3) is 0 Å². The number of rotatable bonds is 2. The molecule has 2 aliphatic rings. The molecule has 1 nitrogen and oxygen atoms in total. The summed E-state index contributed by atoms with van der Waals surface area (Å²) < 4.78 is 0. The molecule has 2 aromatic rings. The van der Waals surface area contributed by atoms with Crippen LogP contribution in [0.2, 0.25) is 0 Å². The van der Waals surface area contributed by atoms with Crippen LogP contribution in [0.3, 0.4) is 0 Å². The van der Waals surface area contributed by atoms with E-state index in [9.17, 15) is 0 Å². The van der Waals surface area contributed by atoms with Gasteiger partial charge >= 0.3 is 0 Å². The van der Waals surface area contributed by atoms with E-state index in [4.69, 9.17) is 0 Å². The molecule has 0 radical (unpaired) electrons. The van der Waals surface area contributed by atoms with Gasteiger partial charge in [-0.2, -0.15) is 0 Å². The van der Waals surface area contributed by atoms with E-state index in [1.54, 1.807) is 0 Å². The molecule has 1 heteroatoms. The van der Waals surface area contributed by atoms with Gasteiger partial charge in [0.15, 0.2) is 0 Å². The predicted molar refractivity (Wildman–Crippen MR) is 127 cm³/mol. The molecule has 0 aromatic heterocycles. The molecular formula is C28H39N. The molecule has 0 atom stereocenters. The highest BCUT2D eigenvalue weighted by atomic mass is 14.9. The Labute approximate surface area is 178 Å². The molecule has 1 N–H and O–H groups in total. The van der Waals surface area contributed by atoms with Crippen LogP contribution in [-0.4, -0.2) is 0 Å². The average Bonchev–Trinajstić information content (AvgIpc) is 2.78. The van der Waals surface area contributed by atoms with E-state index in [2.05, 4.69) is 98.0 Å². The third kappa shape index (κ3) is 3.31. The minimum absolute atomic E-state index is 0.230. The van der Waals surface area contributed by atoms with Crippen LogP contribution in [0.4, 0.5) is 11.4 Å². The van der Waals surface area contributed by atoms with Crippen molar-refractivity contribution in [1.29, 1.82) is 0 Å². The van der Waals surface area contributed by atoms with E-state index >= 15 is 0 Å². The molecule has 0 heterocycles. The Bertz CT molecular complexity index is 972. The summed E-state index contributed by atoms with van der Waals surface area (Å²) >= 11 is 0. The number of nitrogens with one attached hydrogen (secondary N) is 1. The van der Waals surface area contributed by atoms with Gasteiger partial charge in [-0.15, -0.1) is 0 Å². The molecule has 29 heavy (non-hydrogen) atoms. The molecule has 0 saturated heterocycles. The summed E-state index contributed by atoms with van der Waals surface area (Å²) in [6.45, 7) is 21.4. The molecule has 156 valence electrons.